The molecule has 1 unspecified atom stereocenters. The van der Waals surface area contributed by atoms with Crippen LogP contribution in [0, 0.1) is 0 Å². The van der Waals surface area contributed by atoms with E-state index in [4.69, 9.17) is 15.3 Å². The minimum Gasteiger partial charge on any atom is -0.464 e. The number of aliphatic hydroxyl groups excluding tert-OH is 1. The molecule has 2 heterocycles. The maximum atomic E-state index is 8.88. The molecule has 0 aliphatic carbocycles. The summed E-state index contributed by atoms with van der Waals surface area (Å²) in [4.78, 5) is 3.97. The topological polar surface area (TPSA) is 72.3 Å². The highest BCUT2D eigenvalue weighted by molar-refractivity contribution is 5.80. The Morgan fingerprint density at radius 2 is 2.46 bits per heavy atom. The summed E-state index contributed by atoms with van der Waals surface area (Å²) >= 11 is 0. The van der Waals surface area contributed by atoms with Crippen molar-refractivity contribution in [2.24, 2.45) is 5.73 Å². The smallest absolute Gasteiger partial charge is 0.137 e. The molecule has 0 spiro atoms. The fourth-order valence-electron chi connectivity index (χ4n) is 1.28. The fraction of sp³-hybridized carbons (Fsp3) is 0.222. The number of furan rings is 1. The monoisotopic (exact) mass is 178 g/mol. The van der Waals surface area contributed by atoms with Crippen molar-refractivity contribution in [3.05, 3.63) is 30.3 Å². The zero-order chi connectivity index (χ0) is 9.26. The third-order valence-electron chi connectivity index (χ3n) is 2.00. The van der Waals surface area contributed by atoms with Gasteiger partial charge in [0.25, 0.3) is 0 Å². The zero-order valence-corrected chi connectivity index (χ0v) is 6.97. The Labute approximate surface area is 75.0 Å². The van der Waals surface area contributed by atoms with E-state index >= 15 is 0 Å². The van der Waals surface area contributed by atoms with Crippen LogP contribution in [-0.4, -0.2) is 16.7 Å². The van der Waals surface area contributed by atoms with Crippen molar-refractivity contribution in [1.29, 1.82) is 0 Å². The average molecular weight is 178 g/mol. The standard InChI is InChI=1S/C9H10N2O2/c10-8(4-12)7-5-13-9-1-2-11-3-6(7)9/h1-3,5,8,12H,4,10H2. The number of hydrogen-bond acceptors (Lipinski definition) is 4. The second kappa shape index (κ2) is 3.16. The van der Waals surface area contributed by atoms with E-state index in [1.165, 1.54) is 0 Å². The first-order chi connectivity index (χ1) is 6.33. The lowest BCUT2D eigenvalue weighted by Gasteiger charge is -2.03. The molecule has 2 rings (SSSR count). The van der Waals surface area contributed by atoms with E-state index in [-0.39, 0.29) is 6.61 Å². The highest BCUT2D eigenvalue weighted by Crippen LogP contribution is 2.23. The Morgan fingerprint density at radius 3 is 3.23 bits per heavy atom. The van der Waals surface area contributed by atoms with Crippen LogP contribution < -0.4 is 5.73 Å². The lowest BCUT2D eigenvalue weighted by atomic mass is 10.1. The van der Waals surface area contributed by atoms with Gasteiger partial charge in [-0.1, -0.05) is 0 Å². The van der Waals surface area contributed by atoms with E-state index in [1.807, 2.05) is 0 Å². The molecule has 0 saturated heterocycles. The molecule has 0 amide bonds. The number of fused-ring (bicyclic) bond motifs is 1. The minimum atomic E-state index is -0.398. The van der Waals surface area contributed by atoms with Crippen LogP contribution >= 0.6 is 0 Å². The van der Waals surface area contributed by atoms with E-state index in [2.05, 4.69) is 4.98 Å². The summed E-state index contributed by atoms with van der Waals surface area (Å²) in [6.07, 6.45) is 4.90. The maximum absolute atomic E-state index is 8.88. The first kappa shape index (κ1) is 8.22. The van der Waals surface area contributed by atoms with Crippen molar-refractivity contribution >= 4 is 11.0 Å². The van der Waals surface area contributed by atoms with Crippen LogP contribution in [0.2, 0.25) is 0 Å². The molecule has 3 N–H and O–H groups in total. The second-order valence-electron chi connectivity index (χ2n) is 2.85. The number of hydrogen-bond donors (Lipinski definition) is 2. The van der Waals surface area contributed by atoms with Gasteiger partial charge in [-0.25, -0.2) is 0 Å². The first-order valence-electron chi connectivity index (χ1n) is 4.00. The van der Waals surface area contributed by atoms with Gasteiger partial charge in [-0.15, -0.1) is 0 Å². The summed E-state index contributed by atoms with van der Waals surface area (Å²) in [5.41, 5.74) is 7.21. The van der Waals surface area contributed by atoms with Gasteiger partial charge in [0.1, 0.15) is 5.58 Å². The summed E-state index contributed by atoms with van der Waals surface area (Å²) < 4.78 is 5.24. The highest BCUT2D eigenvalue weighted by Gasteiger charge is 2.11. The molecule has 2 aromatic heterocycles. The van der Waals surface area contributed by atoms with Crippen LogP contribution in [0.5, 0.6) is 0 Å². The summed E-state index contributed by atoms with van der Waals surface area (Å²) in [6.45, 7) is -0.0937. The third kappa shape index (κ3) is 1.30. The van der Waals surface area contributed by atoms with Gasteiger partial charge in [0.15, 0.2) is 0 Å². The van der Waals surface area contributed by atoms with Crippen molar-refractivity contribution in [1.82, 2.24) is 4.98 Å². The predicted molar refractivity (Wildman–Crippen MR) is 48.0 cm³/mol. The Bertz CT molecular complexity index is 411. The molecular formula is C9H10N2O2. The fourth-order valence-corrected chi connectivity index (χ4v) is 1.28. The number of rotatable bonds is 2. The van der Waals surface area contributed by atoms with Gasteiger partial charge in [-0.2, -0.15) is 0 Å². The molecule has 4 nitrogen and oxygen atoms in total. The molecule has 0 fully saturated rings. The Hall–Kier alpha value is -1.39. The van der Waals surface area contributed by atoms with Crippen molar-refractivity contribution in [3.63, 3.8) is 0 Å². The normalized spacial score (nSPS) is 13.4. The van der Waals surface area contributed by atoms with Crippen LogP contribution in [0.4, 0.5) is 0 Å². The molecule has 0 aliphatic heterocycles. The number of pyridine rings is 1. The number of nitrogens with two attached hydrogens (primary N) is 1. The van der Waals surface area contributed by atoms with Gasteiger partial charge in [0.05, 0.1) is 18.9 Å². The zero-order valence-electron chi connectivity index (χ0n) is 6.97. The quantitative estimate of drug-likeness (QED) is 0.714. The third-order valence-corrected chi connectivity index (χ3v) is 2.00. The summed E-state index contributed by atoms with van der Waals surface area (Å²) in [5, 5.41) is 9.74. The molecule has 4 heteroatoms. The van der Waals surface area contributed by atoms with Crippen molar-refractivity contribution < 1.29 is 9.52 Å². The molecule has 0 bridgehead atoms. The summed E-state index contributed by atoms with van der Waals surface area (Å²) in [7, 11) is 0. The van der Waals surface area contributed by atoms with Gasteiger partial charge >= 0.3 is 0 Å². The molecule has 0 saturated carbocycles. The summed E-state index contributed by atoms with van der Waals surface area (Å²) in [6, 6.07) is 1.37. The van der Waals surface area contributed by atoms with E-state index in [9.17, 15) is 0 Å². The maximum Gasteiger partial charge on any atom is 0.137 e. The molecule has 68 valence electrons. The molecular weight excluding hydrogens is 168 g/mol. The highest BCUT2D eigenvalue weighted by atomic mass is 16.3. The average Bonchev–Trinajstić information content (AvgIpc) is 2.60. The SMILES string of the molecule is NC(CO)c1coc2ccncc12. The Balaban J connectivity index is 2.57. The van der Waals surface area contributed by atoms with Gasteiger partial charge in [0, 0.05) is 23.3 Å². The van der Waals surface area contributed by atoms with E-state index in [0.29, 0.717) is 0 Å². The van der Waals surface area contributed by atoms with Crippen LogP contribution in [0.15, 0.2) is 29.1 Å². The van der Waals surface area contributed by atoms with E-state index < -0.39 is 6.04 Å². The molecule has 2 aromatic rings. The Morgan fingerprint density at radius 1 is 1.62 bits per heavy atom. The lowest BCUT2D eigenvalue weighted by Crippen LogP contribution is -2.13. The van der Waals surface area contributed by atoms with Crippen molar-refractivity contribution in [2.45, 2.75) is 6.04 Å². The predicted octanol–water partition coefficient (Wildman–Crippen LogP) is 0.820. The number of nitrogens with zero attached hydrogens (tertiary/aromatic N) is 1. The van der Waals surface area contributed by atoms with Gasteiger partial charge in [-0.05, 0) is 6.07 Å². The number of aliphatic hydroxyl groups is 1. The second-order valence-corrected chi connectivity index (χ2v) is 2.85. The van der Waals surface area contributed by atoms with E-state index in [1.54, 1.807) is 24.7 Å². The van der Waals surface area contributed by atoms with Crippen molar-refractivity contribution in [3.8, 4) is 0 Å². The van der Waals surface area contributed by atoms with Crippen LogP contribution in [0.3, 0.4) is 0 Å². The molecule has 0 radical (unpaired) electrons. The lowest BCUT2D eigenvalue weighted by molar-refractivity contribution is 0.268. The molecule has 13 heavy (non-hydrogen) atoms. The minimum absolute atomic E-state index is 0.0937. The van der Waals surface area contributed by atoms with Crippen LogP contribution in [0.1, 0.15) is 11.6 Å². The number of aromatic nitrogens is 1. The largest absolute Gasteiger partial charge is 0.464 e. The Kier molecular flexibility index (Phi) is 2.00. The van der Waals surface area contributed by atoms with Crippen molar-refractivity contribution in [2.75, 3.05) is 6.61 Å². The summed E-state index contributed by atoms with van der Waals surface area (Å²) in [5.74, 6) is 0. The first-order valence-corrected chi connectivity index (χ1v) is 4.00. The van der Waals surface area contributed by atoms with Crippen LogP contribution in [-0.2, 0) is 0 Å². The molecule has 0 aliphatic rings. The van der Waals surface area contributed by atoms with Gasteiger partial charge in [0.2, 0.25) is 0 Å². The molecule has 0 aromatic carbocycles. The van der Waals surface area contributed by atoms with Crippen LogP contribution in [0.25, 0.3) is 11.0 Å². The van der Waals surface area contributed by atoms with Gasteiger partial charge < -0.3 is 15.3 Å². The van der Waals surface area contributed by atoms with Gasteiger partial charge in [-0.3, -0.25) is 4.98 Å². The molecule has 1 atom stereocenters. The van der Waals surface area contributed by atoms with E-state index in [0.717, 1.165) is 16.5 Å².